The molecule has 4 N–H and O–H groups in total. The van der Waals surface area contributed by atoms with Crippen molar-refractivity contribution < 1.29 is 32.3 Å². The van der Waals surface area contributed by atoms with Crippen molar-refractivity contribution in [2.45, 2.75) is 45.1 Å². The Morgan fingerprint density at radius 1 is 0.970 bits per heavy atom. The van der Waals surface area contributed by atoms with Gasteiger partial charge in [0.15, 0.2) is 0 Å². The number of carbonyl (C=O) groups excluding carboxylic acids is 3. The molecule has 2 aromatic rings. The Balaban J connectivity index is 2.03. The predicted molar refractivity (Wildman–Crippen MR) is 115 cm³/mol. The lowest BCUT2D eigenvalue weighted by atomic mass is 10.0. The monoisotopic (exact) mass is 465 g/mol. The molecule has 2 atom stereocenters. The summed E-state index contributed by atoms with van der Waals surface area (Å²) in [7, 11) is 0. The molecule has 0 heterocycles. The van der Waals surface area contributed by atoms with E-state index in [0.29, 0.717) is 0 Å². The SMILES string of the molecule is CC(C)[C@H](NC(=O)OCc1ccccc1)C(=O)N[C@@H](Cc1cccc(C(F)(F)F)c1)C(N)=O. The topological polar surface area (TPSA) is 111 Å². The van der Waals surface area contributed by atoms with Crippen LogP contribution in [0.25, 0.3) is 0 Å². The molecule has 0 saturated heterocycles. The highest BCUT2D eigenvalue weighted by atomic mass is 19.4. The van der Waals surface area contributed by atoms with Crippen LogP contribution in [0.3, 0.4) is 0 Å². The number of carbonyl (C=O) groups is 3. The fourth-order valence-corrected chi connectivity index (χ4v) is 3.02. The lowest BCUT2D eigenvalue weighted by Crippen LogP contribution is -2.55. The van der Waals surface area contributed by atoms with Crippen LogP contribution in [0.15, 0.2) is 54.6 Å². The average Bonchev–Trinajstić information content (AvgIpc) is 2.75. The van der Waals surface area contributed by atoms with Crippen LogP contribution in [0.4, 0.5) is 18.0 Å². The van der Waals surface area contributed by atoms with Crippen LogP contribution in [0.2, 0.25) is 0 Å². The maximum Gasteiger partial charge on any atom is 0.416 e. The summed E-state index contributed by atoms with van der Waals surface area (Å²) >= 11 is 0. The summed E-state index contributed by atoms with van der Waals surface area (Å²) in [5.74, 6) is -2.01. The van der Waals surface area contributed by atoms with Crippen molar-refractivity contribution in [2.24, 2.45) is 11.7 Å². The number of benzene rings is 2. The second-order valence-electron chi connectivity index (χ2n) is 7.79. The number of nitrogens with one attached hydrogen (secondary N) is 2. The van der Waals surface area contributed by atoms with Crippen LogP contribution in [-0.4, -0.2) is 30.0 Å². The molecule has 0 fully saturated rings. The van der Waals surface area contributed by atoms with Gasteiger partial charge in [-0.3, -0.25) is 9.59 Å². The number of alkyl carbamates (subject to hydrolysis) is 1. The summed E-state index contributed by atoms with van der Waals surface area (Å²) in [6.07, 6.45) is -5.62. The Morgan fingerprint density at radius 2 is 1.61 bits per heavy atom. The number of rotatable bonds is 9. The number of hydrogen-bond donors (Lipinski definition) is 3. The standard InChI is InChI=1S/C23H26F3N3O4/c1-14(2)19(29-22(32)33-13-15-7-4-3-5-8-15)21(31)28-18(20(27)30)12-16-9-6-10-17(11-16)23(24,25)26/h3-11,14,18-19H,12-13H2,1-2H3,(H2,27,30)(H,28,31)(H,29,32)/t18-,19-/m0/s1. The van der Waals surface area contributed by atoms with Crippen molar-refractivity contribution in [1.82, 2.24) is 10.6 Å². The van der Waals surface area contributed by atoms with E-state index in [1.54, 1.807) is 38.1 Å². The van der Waals surface area contributed by atoms with Crippen LogP contribution in [0.5, 0.6) is 0 Å². The smallest absolute Gasteiger partial charge is 0.416 e. The first-order valence-corrected chi connectivity index (χ1v) is 10.2. The zero-order valence-corrected chi connectivity index (χ0v) is 18.2. The van der Waals surface area contributed by atoms with E-state index in [2.05, 4.69) is 10.6 Å². The minimum Gasteiger partial charge on any atom is -0.445 e. The van der Waals surface area contributed by atoms with Crippen molar-refractivity contribution in [3.63, 3.8) is 0 Å². The molecule has 2 aromatic carbocycles. The van der Waals surface area contributed by atoms with E-state index in [9.17, 15) is 27.6 Å². The Kier molecular flexibility index (Phi) is 8.84. The van der Waals surface area contributed by atoms with E-state index in [4.69, 9.17) is 10.5 Å². The maximum atomic E-state index is 12.9. The minimum atomic E-state index is -4.55. The highest BCUT2D eigenvalue weighted by molar-refractivity contribution is 5.91. The van der Waals surface area contributed by atoms with Gasteiger partial charge in [0.2, 0.25) is 11.8 Å². The Labute approximate surface area is 189 Å². The van der Waals surface area contributed by atoms with Crippen LogP contribution in [0.1, 0.15) is 30.5 Å². The van der Waals surface area contributed by atoms with Crippen molar-refractivity contribution in [1.29, 1.82) is 0 Å². The molecule has 178 valence electrons. The molecule has 0 saturated carbocycles. The van der Waals surface area contributed by atoms with E-state index in [1.165, 1.54) is 12.1 Å². The van der Waals surface area contributed by atoms with Crippen LogP contribution in [-0.2, 0) is 33.5 Å². The number of hydrogen-bond acceptors (Lipinski definition) is 4. The van der Waals surface area contributed by atoms with Gasteiger partial charge in [-0.2, -0.15) is 13.2 Å². The summed E-state index contributed by atoms with van der Waals surface area (Å²) in [6, 6.07) is 11.0. The normalized spacial score (nSPS) is 13.2. The fourth-order valence-electron chi connectivity index (χ4n) is 3.02. The maximum absolute atomic E-state index is 12.9. The van der Waals surface area contributed by atoms with Gasteiger partial charge in [0.05, 0.1) is 5.56 Å². The third-order valence-electron chi connectivity index (χ3n) is 4.79. The quantitative estimate of drug-likeness (QED) is 0.528. The van der Waals surface area contributed by atoms with Gasteiger partial charge in [-0.25, -0.2) is 4.79 Å². The van der Waals surface area contributed by atoms with Gasteiger partial charge >= 0.3 is 12.3 Å². The second kappa shape index (κ2) is 11.3. The van der Waals surface area contributed by atoms with Gasteiger partial charge in [-0.05, 0) is 23.1 Å². The predicted octanol–water partition coefficient (Wildman–Crippen LogP) is 3.17. The molecular formula is C23H26F3N3O4. The third kappa shape index (κ3) is 8.13. The molecule has 0 aromatic heterocycles. The van der Waals surface area contributed by atoms with E-state index >= 15 is 0 Å². The highest BCUT2D eigenvalue weighted by Crippen LogP contribution is 2.29. The summed E-state index contributed by atoms with van der Waals surface area (Å²) in [6.45, 7) is 3.35. The van der Waals surface area contributed by atoms with E-state index in [-0.39, 0.29) is 24.5 Å². The first kappa shape index (κ1) is 25.7. The molecule has 0 aliphatic rings. The number of nitrogens with two attached hydrogens (primary N) is 1. The first-order chi connectivity index (χ1) is 15.5. The molecule has 0 radical (unpaired) electrons. The molecule has 33 heavy (non-hydrogen) atoms. The number of alkyl halides is 3. The van der Waals surface area contributed by atoms with Crippen molar-refractivity contribution in [3.05, 3.63) is 71.3 Å². The zero-order chi connectivity index (χ0) is 24.6. The lowest BCUT2D eigenvalue weighted by Gasteiger charge is -2.24. The molecule has 0 unspecified atom stereocenters. The van der Waals surface area contributed by atoms with E-state index in [0.717, 1.165) is 17.7 Å². The Bertz CT molecular complexity index is 965. The Hall–Kier alpha value is -3.56. The first-order valence-electron chi connectivity index (χ1n) is 10.2. The molecular weight excluding hydrogens is 439 g/mol. The summed E-state index contributed by atoms with van der Waals surface area (Å²) in [4.78, 5) is 36.8. The van der Waals surface area contributed by atoms with Crippen molar-refractivity contribution in [2.75, 3.05) is 0 Å². The molecule has 10 heteroatoms. The highest BCUT2D eigenvalue weighted by Gasteiger charge is 2.32. The fraction of sp³-hybridized carbons (Fsp3) is 0.348. The number of ether oxygens (including phenoxy) is 1. The lowest BCUT2D eigenvalue weighted by molar-refractivity contribution is -0.137. The van der Waals surface area contributed by atoms with Crippen molar-refractivity contribution >= 4 is 17.9 Å². The molecule has 0 aliphatic carbocycles. The third-order valence-corrected chi connectivity index (χ3v) is 4.79. The molecule has 2 rings (SSSR count). The van der Waals surface area contributed by atoms with Crippen molar-refractivity contribution in [3.8, 4) is 0 Å². The van der Waals surface area contributed by atoms with Gasteiger partial charge in [-0.1, -0.05) is 62.4 Å². The van der Waals surface area contributed by atoms with Crippen LogP contribution >= 0.6 is 0 Å². The molecule has 3 amide bonds. The average molecular weight is 465 g/mol. The Morgan fingerprint density at radius 3 is 2.18 bits per heavy atom. The van der Waals surface area contributed by atoms with Gasteiger partial charge in [0.25, 0.3) is 0 Å². The summed E-state index contributed by atoms with van der Waals surface area (Å²) < 4.78 is 44.0. The van der Waals surface area contributed by atoms with Gasteiger partial charge in [-0.15, -0.1) is 0 Å². The second-order valence-corrected chi connectivity index (χ2v) is 7.79. The van der Waals surface area contributed by atoms with Crippen LogP contribution < -0.4 is 16.4 Å². The van der Waals surface area contributed by atoms with E-state index in [1.807, 2.05) is 6.07 Å². The largest absolute Gasteiger partial charge is 0.445 e. The minimum absolute atomic E-state index is 0.00142. The van der Waals surface area contributed by atoms with Gasteiger partial charge < -0.3 is 21.1 Å². The summed E-state index contributed by atoms with van der Waals surface area (Å²) in [5.41, 5.74) is 5.41. The van der Waals surface area contributed by atoms with Gasteiger partial charge in [0.1, 0.15) is 18.7 Å². The number of amides is 3. The number of halogens is 3. The summed E-state index contributed by atoms with van der Waals surface area (Å²) in [5, 5.41) is 4.87. The molecule has 0 bridgehead atoms. The molecule has 0 aliphatic heterocycles. The van der Waals surface area contributed by atoms with Crippen LogP contribution in [0, 0.1) is 5.92 Å². The number of primary amides is 1. The molecule has 0 spiro atoms. The van der Waals surface area contributed by atoms with E-state index < -0.39 is 41.7 Å². The van der Waals surface area contributed by atoms with Gasteiger partial charge in [0, 0.05) is 6.42 Å². The molecule has 7 nitrogen and oxygen atoms in total. The zero-order valence-electron chi connectivity index (χ0n) is 18.2.